The number of carbonyl (C=O) groups is 4. The maximum Gasteiger partial charge on any atom is 0.245 e. The Hall–Kier alpha value is -1.94. The SMILES string of the molecule is CN1C(=O)C(C)(C2(C)C(=O)N(C)C(=S)N(C)C2=O)C(=O)N(C)C1=S. The van der Waals surface area contributed by atoms with Gasteiger partial charge in [0.2, 0.25) is 23.6 Å². The average Bonchev–Trinajstić information content (AvgIpc) is 2.57. The molecule has 24 heavy (non-hydrogen) atoms. The van der Waals surface area contributed by atoms with Crippen LogP contribution in [0.2, 0.25) is 0 Å². The van der Waals surface area contributed by atoms with Crippen molar-refractivity contribution < 1.29 is 19.2 Å². The summed E-state index contributed by atoms with van der Waals surface area (Å²) in [5, 5.41) is 0.0259. The average molecular weight is 370 g/mol. The van der Waals surface area contributed by atoms with Crippen LogP contribution in [0.15, 0.2) is 0 Å². The third-order valence-corrected chi connectivity index (χ3v) is 6.17. The van der Waals surface area contributed by atoms with Crippen LogP contribution in [-0.2, 0) is 19.2 Å². The molecule has 2 saturated heterocycles. The largest absolute Gasteiger partial charge is 0.291 e. The van der Waals surface area contributed by atoms with Crippen LogP contribution in [0.4, 0.5) is 0 Å². The predicted octanol–water partition coefficient (Wildman–Crippen LogP) is -0.570. The summed E-state index contributed by atoms with van der Waals surface area (Å²) in [7, 11) is 5.63. The van der Waals surface area contributed by atoms with E-state index in [-0.39, 0.29) is 10.2 Å². The summed E-state index contributed by atoms with van der Waals surface area (Å²) in [5.74, 6) is -2.80. The zero-order valence-corrected chi connectivity index (χ0v) is 15.9. The molecule has 0 aliphatic carbocycles. The lowest BCUT2D eigenvalue weighted by Crippen LogP contribution is -2.75. The van der Waals surface area contributed by atoms with Crippen LogP contribution in [0.5, 0.6) is 0 Å². The zero-order chi connectivity index (χ0) is 18.8. The molecule has 0 atom stereocenters. The standard InChI is InChI=1S/C14H18N4O4S2/c1-13(7(19)15(3)11(23)16(4)8(13)20)14(2)9(21)17(5)12(24)18(6)10(14)22/h1-6H3. The van der Waals surface area contributed by atoms with E-state index in [1.807, 2.05) is 0 Å². The Morgan fingerprint density at radius 3 is 0.917 bits per heavy atom. The number of hydrogen-bond donors (Lipinski definition) is 0. The van der Waals surface area contributed by atoms with Crippen molar-refractivity contribution in [1.29, 1.82) is 0 Å². The van der Waals surface area contributed by atoms with E-state index in [0.29, 0.717) is 0 Å². The van der Waals surface area contributed by atoms with Crippen LogP contribution >= 0.6 is 24.4 Å². The van der Waals surface area contributed by atoms with Gasteiger partial charge in [0.1, 0.15) is 10.8 Å². The Bertz CT molecular complexity index is 612. The fourth-order valence-electron chi connectivity index (χ4n) is 3.18. The van der Waals surface area contributed by atoms with E-state index in [0.717, 1.165) is 19.6 Å². The Morgan fingerprint density at radius 1 is 0.583 bits per heavy atom. The number of rotatable bonds is 1. The van der Waals surface area contributed by atoms with Crippen molar-refractivity contribution in [2.45, 2.75) is 13.8 Å². The van der Waals surface area contributed by atoms with Gasteiger partial charge in [-0.15, -0.1) is 0 Å². The predicted molar refractivity (Wildman–Crippen MR) is 92.5 cm³/mol. The van der Waals surface area contributed by atoms with Crippen LogP contribution in [0.1, 0.15) is 13.8 Å². The summed E-state index contributed by atoms with van der Waals surface area (Å²) in [4.78, 5) is 56.1. The van der Waals surface area contributed by atoms with E-state index in [9.17, 15) is 19.2 Å². The van der Waals surface area contributed by atoms with Crippen LogP contribution in [0, 0.1) is 10.8 Å². The molecular formula is C14H18N4O4S2. The first-order valence-electron chi connectivity index (χ1n) is 7.05. The van der Waals surface area contributed by atoms with Crippen molar-refractivity contribution in [3.63, 3.8) is 0 Å². The second-order valence-electron chi connectivity index (χ2n) is 6.27. The summed E-state index contributed by atoms with van der Waals surface area (Å²) >= 11 is 10.1. The van der Waals surface area contributed by atoms with Crippen LogP contribution in [0.3, 0.4) is 0 Å². The smallest absolute Gasteiger partial charge is 0.245 e. The highest BCUT2D eigenvalue weighted by Crippen LogP contribution is 2.48. The monoisotopic (exact) mass is 370 g/mol. The van der Waals surface area contributed by atoms with Gasteiger partial charge in [-0.2, -0.15) is 0 Å². The molecule has 0 bridgehead atoms. The quantitative estimate of drug-likeness (QED) is 0.454. The second-order valence-corrected chi connectivity index (χ2v) is 7.00. The minimum atomic E-state index is -1.94. The molecule has 2 aliphatic rings. The van der Waals surface area contributed by atoms with Crippen LogP contribution in [-0.4, -0.2) is 81.6 Å². The number of hydrogen-bond acceptors (Lipinski definition) is 6. The summed E-state index contributed by atoms with van der Waals surface area (Å²) in [6, 6.07) is 0. The lowest BCUT2D eigenvalue weighted by molar-refractivity contribution is -0.179. The summed E-state index contributed by atoms with van der Waals surface area (Å²) in [6.45, 7) is 2.61. The van der Waals surface area contributed by atoms with Crippen molar-refractivity contribution in [1.82, 2.24) is 19.6 Å². The molecule has 0 aromatic heterocycles. The molecule has 130 valence electrons. The van der Waals surface area contributed by atoms with E-state index < -0.39 is 34.5 Å². The highest BCUT2D eigenvalue weighted by Gasteiger charge is 2.70. The maximum absolute atomic E-state index is 12.9. The van der Waals surface area contributed by atoms with E-state index in [2.05, 4.69) is 0 Å². The Balaban J connectivity index is 2.74. The lowest BCUT2D eigenvalue weighted by Gasteiger charge is -2.52. The first-order valence-corrected chi connectivity index (χ1v) is 7.87. The highest BCUT2D eigenvalue weighted by molar-refractivity contribution is 7.80. The third kappa shape index (κ3) is 1.83. The van der Waals surface area contributed by atoms with Gasteiger partial charge >= 0.3 is 0 Å². The molecule has 0 unspecified atom stereocenters. The molecule has 2 aliphatic heterocycles. The van der Waals surface area contributed by atoms with Crippen LogP contribution in [0.25, 0.3) is 0 Å². The molecule has 8 nitrogen and oxygen atoms in total. The molecule has 2 fully saturated rings. The van der Waals surface area contributed by atoms with Gasteiger partial charge in [0, 0.05) is 28.2 Å². The van der Waals surface area contributed by atoms with Gasteiger partial charge in [-0.25, -0.2) is 0 Å². The number of carbonyl (C=O) groups excluding carboxylic acids is 4. The Kier molecular flexibility index (Phi) is 4.05. The zero-order valence-electron chi connectivity index (χ0n) is 14.2. The number of nitrogens with zero attached hydrogens (tertiary/aromatic N) is 4. The van der Waals surface area contributed by atoms with Crippen molar-refractivity contribution in [3.8, 4) is 0 Å². The van der Waals surface area contributed by atoms with Gasteiger partial charge in [0.05, 0.1) is 0 Å². The highest BCUT2D eigenvalue weighted by atomic mass is 32.1. The Labute approximate surface area is 150 Å². The summed E-state index contributed by atoms with van der Waals surface area (Å²) < 4.78 is 0. The van der Waals surface area contributed by atoms with Gasteiger partial charge < -0.3 is 0 Å². The first kappa shape index (κ1) is 18.4. The molecule has 0 radical (unpaired) electrons. The topological polar surface area (TPSA) is 81.2 Å². The number of amides is 4. The summed E-state index contributed by atoms with van der Waals surface area (Å²) in [6.07, 6.45) is 0. The third-order valence-electron chi connectivity index (χ3n) is 5.08. The van der Waals surface area contributed by atoms with E-state index in [1.165, 1.54) is 42.0 Å². The van der Waals surface area contributed by atoms with Gasteiger partial charge in [0.15, 0.2) is 10.2 Å². The minimum absolute atomic E-state index is 0.0130. The van der Waals surface area contributed by atoms with Gasteiger partial charge in [0.25, 0.3) is 0 Å². The van der Waals surface area contributed by atoms with Crippen molar-refractivity contribution >= 4 is 58.3 Å². The molecule has 0 aromatic carbocycles. The molecular weight excluding hydrogens is 352 g/mol. The van der Waals surface area contributed by atoms with Gasteiger partial charge in [-0.3, -0.25) is 38.8 Å². The number of thiocarbonyl (C=S) groups is 2. The van der Waals surface area contributed by atoms with Crippen molar-refractivity contribution in [3.05, 3.63) is 0 Å². The minimum Gasteiger partial charge on any atom is -0.291 e. The molecule has 2 rings (SSSR count). The molecule has 2 heterocycles. The normalized spacial score (nSPS) is 24.2. The second kappa shape index (κ2) is 5.28. The molecule has 0 N–H and O–H groups in total. The maximum atomic E-state index is 12.9. The lowest BCUT2D eigenvalue weighted by atomic mass is 9.60. The molecule has 0 saturated carbocycles. The Morgan fingerprint density at radius 2 is 0.750 bits per heavy atom. The van der Waals surface area contributed by atoms with Gasteiger partial charge in [-0.05, 0) is 38.3 Å². The van der Waals surface area contributed by atoms with E-state index in [4.69, 9.17) is 24.4 Å². The molecule has 0 aromatic rings. The van der Waals surface area contributed by atoms with Crippen LogP contribution < -0.4 is 0 Å². The molecule has 4 amide bonds. The van der Waals surface area contributed by atoms with Gasteiger partial charge in [-0.1, -0.05) is 0 Å². The molecule has 10 heteroatoms. The fourth-order valence-corrected chi connectivity index (χ4v) is 3.51. The van der Waals surface area contributed by atoms with Crippen molar-refractivity contribution in [2.24, 2.45) is 10.8 Å². The molecule has 0 spiro atoms. The van der Waals surface area contributed by atoms with E-state index in [1.54, 1.807) is 0 Å². The summed E-state index contributed by atoms with van der Waals surface area (Å²) in [5.41, 5.74) is -3.88. The van der Waals surface area contributed by atoms with Crippen molar-refractivity contribution in [2.75, 3.05) is 28.2 Å². The fraction of sp³-hybridized carbons (Fsp3) is 0.571. The first-order chi connectivity index (χ1) is 10.8. The van der Waals surface area contributed by atoms with E-state index >= 15 is 0 Å².